The van der Waals surface area contributed by atoms with Gasteiger partial charge in [0.1, 0.15) is 4.83 Å². The van der Waals surface area contributed by atoms with Crippen molar-refractivity contribution in [1.82, 2.24) is 20.2 Å². The molecule has 0 saturated carbocycles. The number of hydrogen-bond acceptors (Lipinski definition) is 7. The van der Waals surface area contributed by atoms with Gasteiger partial charge in [-0.05, 0) is 22.9 Å². The number of carbonyl (C=O) groups excluding carboxylic acids is 2. The largest absolute Gasteiger partial charge is 0.333 e. The quantitative estimate of drug-likeness (QED) is 0.511. The number of amides is 3. The zero-order valence-corrected chi connectivity index (χ0v) is 15.6. The Morgan fingerprint density at radius 2 is 2.12 bits per heavy atom. The Bertz CT molecular complexity index is 962. The number of carbonyl (C=O) groups is 2. The number of fused-ring (bicyclic) bond motifs is 1. The van der Waals surface area contributed by atoms with Gasteiger partial charge in [0.2, 0.25) is 5.91 Å². The highest BCUT2D eigenvalue weighted by Gasteiger charge is 2.13. The second-order valence-corrected chi connectivity index (χ2v) is 7.87. The molecule has 0 aromatic carbocycles. The van der Waals surface area contributed by atoms with Crippen LogP contribution in [0, 0.1) is 0 Å². The number of nitrogens with one attached hydrogen (secondary N) is 2. The summed E-state index contributed by atoms with van der Waals surface area (Å²) in [5.74, 6) is -0.460. The first-order valence-electron chi connectivity index (χ1n) is 7.21. The molecule has 0 aliphatic rings. The van der Waals surface area contributed by atoms with Crippen LogP contribution in [0.5, 0.6) is 0 Å². The van der Waals surface area contributed by atoms with Crippen molar-refractivity contribution in [3.8, 4) is 0 Å². The highest BCUT2D eigenvalue weighted by Crippen LogP contribution is 2.20. The summed E-state index contributed by atoms with van der Waals surface area (Å²) in [6, 6.07) is 4.97. The highest BCUT2D eigenvalue weighted by atomic mass is 32.2. The van der Waals surface area contributed by atoms with Crippen molar-refractivity contribution in [3.63, 3.8) is 0 Å². The molecule has 3 aromatic rings. The Balaban J connectivity index is 1.54. The zero-order chi connectivity index (χ0) is 17.8. The van der Waals surface area contributed by atoms with Gasteiger partial charge in [-0.3, -0.25) is 19.5 Å². The fourth-order valence-corrected chi connectivity index (χ4v) is 4.25. The number of aromatic nitrogens is 2. The molecule has 0 saturated heterocycles. The van der Waals surface area contributed by atoms with Gasteiger partial charge < -0.3 is 5.32 Å². The molecule has 0 bridgehead atoms. The molecule has 0 unspecified atom stereocenters. The molecule has 3 heterocycles. The minimum atomic E-state index is -0.547. The highest BCUT2D eigenvalue weighted by molar-refractivity contribution is 7.99. The van der Waals surface area contributed by atoms with Crippen molar-refractivity contribution in [2.24, 2.45) is 7.05 Å². The minimum Gasteiger partial charge on any atom is -0.333 e. The summed E-state index contributed by atoms with van der Waals surface area (Å²) in [6.07, 6.45) is 0. The molecule has 0 spiro atoms. The molecular weight excluding hydrogens is 380 g/mol. The lowest BCUT2D eigenvalue weighted by Gasteiger charge is -2.08. The Labute approximate surface area is 155 Å². The topological polar surface area (TPSA) is 93.1 Å². The van der Waals surface area contributed by atoms with Crippen LogP contribution in [0.1, 0.15) is 4.88 Å². The van der Waals surface area contributed by atoms with Gasteiger partial charge in [0.05, 0.1) is 17.7 Å². The van der Waals surface area contributed by atoms with Gasteiger partial charge >= 0.3 is 6.03 Å². The molecule has 0 fully saturated rings. The molecule has 3 rings (SSSR count). The van der Waals surface area contributed by atoms with Crippen LogP contribution in [0.15, 0.2) is 38.9 Å². The molecule has 0 aliphatic carbocycles. The Morgan fingerprint density at radius 3 is 2.88 bits per heavy atom. The van der Waals surface area contributed by atoms with Crippen molar-refractivity contribution < 1.29 is 9.59 Å². The summed E-state index contributed by atoms with van der Waals surface area (Å²) >= 11 is 4.01. The van der Waals surface area contributed by atoms with E-state index >= 15 is 0 Å². The van der Waals surface area contributed by atoms with Crippen LogP contribution < -0.4 is 16.2 Å². The van der Waals surface area contributed by atoms with Gasteiger partial charge in [-0.15, -0.1) is 22.7 Å². The number of thiophene rings is 2. The lowest BCUT2D eigenvalue weighted by Crippen LogP contribution is -2.39. The maximum atomic E-state index is 12.2. The number of hydrogen-bond donors (Lipinski definition) is 2. The molecule has 7 nitrogen and oxygen atoms in total. The molecule has 3 aromatic heterocycles. The second kappa shape index (κ2) is 7.81. The van der Waals surface area contributed by atoms with E-state index in [0.29, 0.717) is 21.9 Å². The molecule has 0 aliphatic heterocycles. The van der Waals surface area contributed by atoms with Crippen molar-refractivity contribution in [2.45, 2.75) is 11.7 Å². The first-order chi connectivity index (χ1) is 12.0. The number of imide groups is 1. The summed E-state index contributed by atoms with van der Waals surface area (Å²) in [6.45, 7) is 0.370. The predicted octanol–water partition coefficient (Wildman–Crippen LogP) is 2.17. The van der Waals surface area contributed by atoms with Gasteiger partial charge in [0.15, 0.2) is 5.16 Å². The van der Waals surface area contributed by atoms with E-state index in [0.717, 1.165) is 16.6 Å². The number of urea groups is 1. The van der Waals surface area contributed by atoms with Gasteiger partial charge in [-0.1, -0.05) is 17.8 Å². The third-order valence-corrected chi connectivity index (χ3v) is 5.97. The van der Waals surface area contributed by atoms with Crippen LogP contribution in [-0.4, -0.2) is 27.2 Å². The van der Waals surface area contributed by atoms with Crippen molar-refractivity contribution in [1.29, 1.82) is 0 Å². The van der Waals surface area contributed by atoms with E-state index in [9.17, 15) is 14.4 Å². The zero-order valence-electron chi connectivity index (χ0n) is 13.1. The molecular formula is C15H14N4O3S3. The van der Waals surface area contributed by atoms with E-state index in [1.807, 2.05) is 17.5 Å². The van der Waals surface area contributed by atoms with Gasteiger partial charge in [-0.2, -0.15) is 0 Å². The summed E-state index contributed by atoms with van der Waals surface area (Å²) in [4.78, 5) is 41.8. The predicted molar refractivity (Wildman–Crippen MR) is 100 cm³/mol. The van der Waals surface area contributed by atoms with Crippen LogP contribution in [0.2, 0.25) is 0 Å². The second-order valence-electron chi connectivity index (χ2n) is 5.00. The molecule has 3 amide bonds. The lowest BCUT2D eigenvalue weighted by atomic mass is 10.4. The summed E-state index contributed by atoms with van der Waals surface area (Å²) in [5, 5.41) is 9.60. The SMILES string of the molecule is Cn1c(SCC(=O)NC(=O)NCc2cccs2)nc2sccc2c1=O. The van der Waals surface area contributed by atoms with E-state index in [1.165, 1.54) is 27.2 Å². The van der Waals surface area contributed by atoms with E-state index in [1.54, 1.807) is 18.5 Å². The van der Waals surface area contributed by atoms with Gasteiger partial charge in [-0.25, -0.2) is 9.78 Å². The van der Waals surface area contributed by atoms with Crippen molar-refractivity contribution in [3.05, 3.63) is 44.2 Å². The van der Waals surface area contributed by atoms with Crippen LogP contribution in [-0.2, 0) is 18.4 Å². The normalized spacial score (nSPS) is 10.8. The summed E-state index contributed by atoms with van der Waals surface area (Å²) in [5.41, 5.74) is -0.150. The third kappa shape index (κ3) is 4.27. The van der Waals surface area contributed by atoms with E-state index in [-0.39, 0.29) is 11.3 Å². The molecule has 0 atom stereocenters. The van der Waals surface area contributed by atoms with Gasteiger partial charge in [0, 0.05) is 11.9 Å². The monoisotopic (exact) mass is 394 g/mol. The molecule has 0 radical (unpaired) electrons. The Hall–Kier alpha value is -2.17. The molecule has 25 heavy (non-hydrogen) atoms. The Kier molecular flexibility index (Phi) is 5.51. The number of rotatable bonds is 5. The first-order valence-corrected chi connectivity index (χ1v) is 9.96. The first kappa shape index (κ1) is 17.6. The summed E-state index contributed by atoms with van der Waals surface area (Å²) in [7, 11) is 1.61. The lowest BCUT2D eigenvalue weighted by molar-refractivity contribution is -0.117. The standard InChI is InChI=1S/C15H14N4O3S3/c1-19-13(21)10-4-6-24-12(10)18-15(19)25-8-11(20)17-14(22)16-7-9-3-2-5-23-9/h2-6H,7-8H2,1H3,(H2,16,17,20,22). The molecule has 130 valence electrons. The minimum absolute atomic E-state index is 0.0103. The molecule has 10 heteroatoms. The van der Waals surface area contributed by atoms with Crippen LogP contribution >= 0.6 is 34.4 Å². The van der Waals surface area contributed by atoms with Crippen LogP contribution in [0.3, 0.4) is 0 Å². The van der Waals surface area contributed by atoms with E-state index < -0.39 is 11.9 Å². The number of thioether (sulfide) groups is 1. The maximum Gasteiger partial charge on any atom is 0.321 e. The van der Waals surface area contributed by atoms with E-state index in [2.05, 4.69) is 15.6 Å². The Morgan fingerprint density at radius 1 is 1.28 bits per heavy atom. The third-order valence-electron chi connectivity index (χ3n) is 3.25. The van der Waals surface area contributed by atoms with Gasteiger partial charge in [0.25, 0.3) is 5.56 Å². The average Bonchev–Trinajstić information content (AvgIpc) is 3.26. The van der Waals surface area contributed by atoms with Crippen molar-refractivity contribution >= 4 is 56.6 Å². The van der Waals surface area contributed by atoms with Crippen molar-refractivity contribution in [2.75, 3.05) is 5.75 Å². The number of nitrogens with zero attached hydrogens (tertiary/aromatic N) is 2. The van der Waals surface area contributed by atoms with Crippen LogP contribution in [0.4, 0.5) is 4.79 Å². The average molecular weight is 395 g/mol. The van der Waals surface area contributed by atoms with E-state index in [4.69, 9.17) is 0 Å². The van der Waals surface area contributed by atoms with Crippen LogP contribution in [0.25, 0.3) is 10.2 Å². The summed E-state index contributed by atoms with van der Waals surface area (Å²) < 4.78 is 1.41. The smallest absolute Gasteiger partial charge is 0.321 e. The maximum absolute atomic E-state index is 12.2. The fourth-order valence-electron chi connectivity index (χ4n) is 2.03. The molecule has 2 N–H and O–H groups in total. The fraction of sp³-hybridized carbons (Fsp3) is 0.200.